The number of nitrogens with one attached hydrogen (secondary N) is 1. The molecule has 0 aliphatic carbocycles. The molecule has 1 atom stereocenters. The van der Waals surface area contributed by atoms with Crippen molar-refractivity contribution in [3.8, 4) is 5.75 Å². The molecule has 104 valence electrons. The van der Waals surface area contributed by atoms with Crippen LogP contribution in [0.25, 0.3) is 0 Å². The van der Waals surface area contributed by atoms with Crippen molar-refractivity contribution in [1.29, 1.82) is 0 Å². The Morgan fingerprint density at radius 2 is 1.95 bits per heavy atom. The number of hydrogen-bond donors (Lipinski definition) is 3. The SMILES string of the molecule is NCC(NC(=O)c1ccc(O)cc1F)c1ccccc1. The van der Waals surface area contributed by atoms with Crippen molar-refractivity contribution in [2.24, 2.45) is 5.73 Å². The summed E-state index contributed by atoms with van der Waals surface area (Å²) in [5, 5.41) is 11.8. The van der Waals surface area contributed by atoms with Gasteiger partial charge in [-0.25, -0.2) is 4.39 Å². The van der Waals surface area contributed by atoms with Gasteiger partial charge in [0, 0.05) is 12.6 Å². The van der Waals surface area contributed by atoms with E-state index in [1.54, 1.807) is 0 Å². The van der Waals surface area contributed by atoms with Crippen LogP contribution in [0.2, 0.25) is 0 Å². The van der Waals surface area contributed by atoms with Crippen molar-refractivity contribution >= 4 is 5.91 Å². The van der Waals surface area contributed by atoms with E-state index in [1.807, 2.05) is 30.3 Å². The molecule has 0 saturated heterocycles. The molecule has 0 spiro atoms. The average molecular weight is 274 g/mol. The molecular weight excluding hydrogens is 259 g/mol. The van der Waals surface area contributed by atoms with Crippen LogP contribution in [0.1, 0.15) is 22.0 Å². The quantitative estimate of drug-likeness (QED) is 0.797. The summed E-state index contributed by atoms with van der Waals surface area (Å²) in [4.78, 5) is 12.0. The Balaban J connectivity index is 2.17. The van der Waals surface area contributed by atoms with Crippen LogP contribution in [0.15, 0.2) is 48.5 Å². The predicted molar refractivity (Wildman–Crippen MR) is 73.8 cm³/mol. The molecule has 1 amide bonds. The standard InChI is InChI=1S/C15H15FN2O2/c16-13-8-11(19)6-7-12(13)15(20)18-14(9-17)10-4-2-1-3-5-10/h1-8,14,19H,9,17H2,(H,18,20). The van der Waals surface area contributed by atoms with Gasteiger partial charge in [0.25, 0.3) is 5.91 Å². The van der Waals surface area contributed by atoms with Crippen LogP contribution < -0.4 is 11.1 Å². The fraction of sp³-hybridized carbons (Fsp3) is 0.133. The van der Waals surface area contributed by atoms with Crippen LogP contribution in [0.5, 0.6) is 5.75 Å². The summed E-state index contributed by atoms with van der Waals surface area (Å²) in [6, 6.07) is 12.2. The van der Waals surface area contributed by atoms with Crippen LogP contribution in [0.4, 0.5) is 4.39 Å². The largest absolute Gasteiger partial charge is 0.508 e. The van der Waals surface area contributed by atoms with E-state index in [9.17, 15) is 9.18 Å². The van der Waals surface area contributed by atoms with Crippen molar-refractivity contribution in [1.82, 2.24) is 5.32 Å². The smallest absolute Gasteiger partial charge is 0.254 e. The van der Waals surface area contributed by atoms with Crippen molar-refractivity contribution < 1.29 is 14.3 Å². The first-order valence-corrected chi connectivity index (χ1v) is 6.16. The Morgan fingerprint density at radius 3 is 2.55 bits per heavy atom. The van der Waals surface area contributed by atoms with E-state index < -0.39 is 17.8 Å². The Hall–Kier alpha value is -2.40. The number of amides is 1. The molecule has 0 fully saturated rings. The third-order valence-corrected chi connectivity index (χ3v) is 2.94. The van der Waals surface area contributed by atoms with E-state index in [4.69, 9.17) is 10.8 Å². The molecule has 0 aliphatic rings. The minimum Gasteiger partial charge on any atom is -0.508 e. The lowest BCUT2D eigenvalue weighted by Crippen LogP contribution is -2.33. The second-order valence-corrected chi connectivity index (χ2v) is 4.34. The first kappa shape index (κ1) is 14.0. The number of phenols is 1. The summed E-state index contributed by atoms with van der Waals surface area (Å²) in [5.41, 5.74) is 6.37. The van der Waals surface area contributed by atoms with Gasteiger partial charge in [-0.1, -0.05) is 30.3 Å². The average Bonchev–Trinajstić information content (AvgIpc) is 2.45. The number of nitrogens with two attached hydrogens (primary N) is 1. The molecule has 0 saturated carbocycles. The highest BCUT2D eigenvalue weighted by Crippen LogP contribution is 2.17. The predicted octanol–water partition coefficient (Wildman–Crippen LogP) is 1.96. The second kappa shape index (κ2) is 6.16. The number of benzene rings is 2. The van der Waals surface area contributed by atoms with E-state index in [0.29, 0.717) is 0 Å². The molecule has 0 aliphatic heterocycles. The van der Waals surface area contributed by atoms with E-state index in [1.165, 1.54) is 12.1 Å². The van der Waals surface area contributed by atoms with E-state index in [-0.39, 0.29) is 17.9 Å². The van der Waals surface area contributed by atoms with Crippen LogP contribution in [0, 0.1) is 5.82 Å². The van der Waals surface area contributed by atoms with Gasteiger partial charge in [-0.15, -0.1) is 0 Å². The lowest BCUT2D eigenvalue weighted by atomic mass is 10.1. The highest BCUT2D eigenvalue weighted by Gasteiger charge is 2.17. The van der Waals surface area contributed by atoms with Gasteiger partial charge in [-0.05, 0) is 17.7 Å². The fourth-order valence-corrected chi connectivity index (χ4v) is 1.89. The third kappa shape index (κ3) is 3.13. The van der Waals surface area contributed by atoms with E-state index in [2.05, 4.69) is 5.32 Å². The van der Waals surface area contributed by atoms with E-state index >= 15 is 0 Å². The maximum absolute atomic E-state index is 13.6. The Labute approximate surface area is 116 Å². The Morgan fingerprint density at radius 1 is 1.25 bits per heavy atom. The van der Waals surface area contributed by atoms with Crippen LogP contribution in [0.3, 0.4) is 0 Å². The Kier molecular flexibility index (Phi) is 4.32. The molecular formula is C15H15FN2O2. The van der Waals surface area contributed by atoms with E-state index in [0.717, 1.165) is 11.6 Å². The van der Waals surface area contributed by atoms with Crippen LogP contribution in [-0.4, -0.2) is 17.6 Å². The van der Waals surface area contributed by atoms with Crippen LogP contribution >= 0.6 is 0 Å². The van der Waals surface area contributed by atoms with Gasteiger partial charge in [-0.2, -0.15) is 0 Å². The highest BCUT2D eigenvalue weighted by atomic mass is 19.1. The fourth-order valence-electron chi connectivity index (χ4n) is 1.89. The second-order valence-electron chi connectivity index (χ2n) is 4.34. The molecule has 2 aromatic rings. The first-order chi connectivity index (χ1) is 9.61. The van der Waals surface area contributed by atoms with Crippen molar-refractivity contribution in [3.05, 3.63) is 65.5 Å². The molecule has 0 aromatic heterocycles. The zero-order valence-corrected chi connectivity index (χ0v) is 10.7. The lowest BCUT2D eigenvalue weighted by Gasteiger charge is -2.17. The molecule has 4 N–H and O–H groups in total. The number of phenolic OH excluding ortho intramolecular Hbond substituents is 1. The first-order valence-electron chi connectivity index (χ1n) is 6.16. The number of halogens is 1. The van der Waals surface area contributed by atoms with Gasteiger partial charge in [0.1, 0.15) is 11.6 Å². The summed E-state index contributed by atoms with van der Waals surface area (Å²) in [7, 11) is 0. The monoisotopic (exact) mass is 274 g/mol. The van der Waals surface area contributed by atoms with Gasteiger partial charge in [0.15, 0.2) is 0 Å². The summed E-state index contributed by atoms with van der Waals surface area (Å²) < 4.78 is 13.6. The third-order valence-electron chi connectivity index (χ3n) is 2.94. The van der Waals surface area contributed by atoms with Crippen molar-refractivity contribution in [3.63, 3.8) is 0 Å². The minimum atomic E-state index is -0.772. The van der Waals surface area contributed by atoms with Crippen LogP contribution in [-0.2, 0) is 0 Å². The van der Waals surface area contributed by atoms with Gasteiger partial charge >= 0.3 is 0 Å². The molecule has 1 unspecified atom stereocenters. The van der Waals surface area contributed by atoms with Gasteiger partial charge < -0.3 is 16.2 Å². The number of carbonyl (C=O) groups excluding carboxylic acids is 1. The summed E-state index contributed by atoms with van der Waals surface area (Å²) in [5.74, 6) is -1.56. The zero-order valence-electron chi connectivity index (χ0n) is 10.7. The van der Waals surface area contributed by atoms with Gasteiger partial charge in [0.05, 0.1) is 11.6 Å². The maximum atomic E-state index is 13.6. The Bertz CT molecular complexity index is 602. The summed E-state index contributed by atoms with van der Waals surface area (Å²) >= 11 is 0. The summed E-state index contributed by atoms with van der Waals surface area (Å²) in [6.45, 7) is 0.204. The topological polar surface area (TPSA) is 75.3 Å². The van der Waals surface area contributed by atoms with Gasteiger partial charge in [0.2, 0.25) is 0 Å². The normalized spacial score (nSPS) is 11.9. The number of aromatic hydroxyl groups is 1. The number of hydrogen-bond acceptors (Lipinski definition) is 3. The molecule has 5 heteroatoms. The van der Waals surface area contributed by atoms with Crippen molar-refractivity contribution in [2.45, 2.75) is 6.04 Å². The highest BCUT2D eigenvalue weighted by molar-refractivity contribution is 5.94. The molecule has 20 heavy (non-hydrogen) atoms. The number of carbonyl (C=O) groups is 1. The molecule has 4 nitrogen and oxygen atoms in total. The minimum absolute atomic E-state index is 0.128. The summed E-state index contributed by atoms with van der Waals surface area (Å²) in [6.07, 6.45) is 0. The van der Waals surface area contributed by atoms with Crippen molar-refractivity contribution in [2.75, 3.05) is 6.54 Å². The maximum Gasteiger partial charge on any atom is 0.254 e. The van der Waals surface area contributed by atoms with Gasteiger partial charge in [-0.3, -0.25) is 4.79 Å². The molecule has 0 heterocycles. The molecule has 2 rings (SSSR count). The lowest BCUT2D eigenvalue weighted by molar-refractivity contribution is 0.0933. The zero-order chi connectivity index (χ0) is 14.5. The number of rotatable bonds is 4. The molecule has 0 radical (unpaired) electrons. The molecule has 0 bridgehead atoms. The molecule has 2 aromatic carbocycles.